The van der Waals surface area contributed by atoms with Gasteiger partial charge in [-0.25, -0.2) is 4.79 Å². The highest BCUT2D eigenvalue weighted by Crippen LogP contribution is 2.22. The van der Waals surface area contributed by atoms with Crippen LogP contribution in [0.5, 0.6) is 0 Å². The number of carboxylic acids is 1. The molecule has 1 aromatic rings. The maximum Gasteiger partial charge on any atom is 0.407 e. The van der Waals surface area contributed by atoms with E-state index in [1.165, 1.54) is 0 Å². The van der Waals surface area contributed by atoms with Gasteiger partial charge < -0.3 is 31.1 Å². The van der Waals surface area contributed by atoms with Crippen molar-refractivity contribution in [1.29, 1.82) is 0 Å². The maximum atomic E-state index is 13.2. The lowest BCUT2D eigenvalue weighted by Gasteiger charge is -2.25. The fourth-order valence-electron chi connectivity index (χ4n) is 3.55. The number of hydrogen-bond donors (Lipinski definition) is 6. The van der Waals surface area contributed by atoms with E-state index in [0.717, 1.165) is 5.56 Å². The van der Waals surface area contributed by atoms with Gasteiger partial charge in [-0.1, -0.05) is 57.0 Å². The molecule has 0 bridgehead atoms. The molecule has 1 aromatic carbocycles. The summed E-state index contributed by atoms with van der Waals surface area (Å²) in [6, 6.07) is 1.86. The summed E-state index contributed by atoms with van der Waals surface area (Å²) in [5.41, 5.74) is 0.866. The first kappa shape index (κ1) is 36.3. The van der Waals surface area contributed by atoms with Gasteiger partial charge in [0, 0.05) is 18.7 Å². The molecule has 0 heterocycles. The third kappa shape index (κ3) is 14.7. The number of thiol groups is 1. The molecule has 230 valence electrons. The van der Waals surface area contributed by atoms with Crippen LogP contribution in [0.4, 0.5) is 4.79 Å². The van der Waals surface area contributed by atoms with Gasteiger partial charge in [-0.05, 0) is 48.8 Å². The van der Waals surface area contributed by atoms with Gasteiger partial charge in [0.25, 0.3) is 0 Å². The predicted octanol–water partition coefficient (Wildman–Crippen LogP) is 3.21. The first-order valence-electron chi connectivity index (χ1n) is 13.3. The number of benzene rings is 1. The smallest absolute Gasteiger partial charge is 0.407 e. The molecule has 3 atom stereocenters. The van der Waals surface area contributed by atoms with Crippen molar-refractivity contribution in [3.63, 3.8) is 0 Å². The number of carbonyl (C=O) groups excluding carboxylic acids is 4. The molecule has 0 aromatic heterocycles. The van der Waals surface area contributed by atoms with Gasteiger partial charge in [0.1, 0.15) is 18.1 Å². The lowest BCUT2D eigenvalue weighted by Crippen LogP contribution is -2.57. The van der Waals surface area contributed by atoms with Gasteiger partial charge in [-0.3, -0.25) is 19.2 Å². The SMILES string of the molecule is CC(C)COC(=O)N[C@@H](CCC(=O)O)C(=O)N[C@@H](CC(C)C)C(=O)N[C@@H](CS)C(=O)NCCc1ccc(Cl)c(Cl)c1. The second-order valence-corrected chi connectivity index (χ2v) is 11.5. The number of carbonyl (C=O) groups is 5. The number of nitrogens with one attached hydrogen (secondary N) is 4. The Kier molecular flexibility index (Phi) is 16.5. The van der Waals surface area contributed by atoms with Gasteiger partial charge in [0.2, 0.25) is 17.7 Å². The summed E-state index contributed by atoms with van der Waals surface area (Å²) < 4.78 is 5.05. The Hall–Kier alpha value is -2.70. The molecular weight excluding hydrogens is 595 g/mol. The van der Waals surface area contributed by atoms with Crippen LogP contribution >= 0.6 is 35.8 Å². The van der Waals surface area contributed by atoms with E-state index in [1.54, 1.807) is 18.2 Å². The van der Waals surface area contributed by atoms with Crippen molar-refractivity contribution in [2.45, 2.75) is 71.5 Å². The zero-order valence-electron chi connectivity index (χ0n) is 23.7. The molecular formula is C27H40Cl2N4O7S. The maximum absolute atomic E-state index is 13.2. The molecule has 4 amide bonds. The number of amides is 4. The average molecular weight is 636 g/mol. The number of aliphatic carboxylic acids is 1. The molecule has 0 radical (unpaired) electrons. The quantitative estimate of drug-likeness (QED) is 0.143. The van der Waals surface area contributed by atoms with Crippen LogP contribution < -0.4 is 21.3 Å². The summed E-state index contributed by atoms with van der Waals surface area (Å²) in [5, 5.41) is 20.2. The van der Waals surface area contributed by atoms with E-state index in [-0.39, 0.29) is 43.6 Å². The lowest BCUT2D eigenvalue weighted by atomic mass is 10.0. The third-order valence-corrected chi connectivity index (χ3v) is 6.76. The minimum absolute atomic E-state index is 0.00280. The van der Waals surface area contributed by atoms with Crippen LogP contribution in [0.3, 0.4) is 0 Å². The zero-order valence-corrected chi connectivity index (χ0v) is 26.1. The Morgan fingerprint density at radius 2 is 1.51 bits per heavy atom. The largest absolute Gasteiger partial charge is 0.481 e. The van der Waals surface area contributed by atoms with Crippen LogP contribution in [0.1, 0.15) is 52.5 Å². The Morgan fingerprint density at radius 3 is 2.07 bits per heavy atom. The van der Waals surface area contributed by atoms with E-state index in [1.807, 2.05) is 27.7 Å². The highest BCUT2D eigenvalue weighted by Gasteiger charge is 2.30. The van der Waals surface area contributed by atoms with E-state index >= 15 is 0 Å². The molecule has 0 aliphatic heterocycles. The van der Waals surface area contributed by atoms with Gasteiger partial charge in [-0.15, -0.1) is 0 Å². The summed E-state index contributed by atoms with van der Waals surface area (Å²) in [4.78, 5) is 62.3. The fraction of sp³-hybridized carbons (Fsp3) is 0.593. The first-order valence-corrected chi connectivity index (χ1v) is 14.7. The molecule has 41 heavy (non-hydrogen) atoms. The first-order chi connectivity index (χ1) is 19.2. The van der Waals surface area contributed by atoms with Crippen molar-refractivity contribution in [3.8, 4) is 0 Å². The molecule has 0 unspecified atom stereocenters. The Balaban J connectivity index is 2.86. The Bertz CT molecular complexity index is 1060. The Labute approximate surface area is 256 Å². The second-order valence-electron chi connectivity index (χ2n) is 10.3. The lowest BCUT2D eigenvalue weighted by molar-refractivity contribution is -0.137. The molecule has 0 fully saturated rings. The van der Waals surface area contributed by atoms with Crippen LogP contribution in [0.15, 0.2) is 18.2 Å². The van der Waals surface area contributed by atoms with Crippen molar-refractivity contribution in [1.82, 2.24) is 21.3 Å². The van der Waals surface area contributed by atoms with Crippen molar-refractivity contribution in [2.75, 3.05) is 18.9 Å². The molecule has 1 rings (SSSR count). The topological polar surface area (TPSA) is 163 Å². The fourth-order valence-corrected chi connectivity index (χ4v) is 4.13. The number of carboxylic acid groups (broad SMARTS) is 1. The number of alkyl carbamates (subject to hydrolysis) is 1. The van der Waals surface area contributed by atoms with Crippen LogP contribution in [0.25, 0.3) is 0 Å². The van der Waals surface area contributed by atoms with Crippen molar-refractivity contribution >= 4 is 65.6 Å². The van der Waals surface area contributed by atoms with Crippen LogP contribution in [0, 0.1) is 11.8 Å². The van der Waals surface area contributed by atoms with Crippen molar-refractivity contribution in [3.05, 3.63) is 33.8 Å². The van der Waals surface area contributed by atoms with Crippen molar-refractivity contribution < 1.29 is 33.8 Å². The van der Waals surface area contributed by atoms with E-state index in [4.69, 9.17) is 33.0 Å². The average Bonchev–Trinajstić information content (AvgIpc) is 2.89. The van der Waals surface area contributed by atoms with Crippen LogP contribution in [-0.4, -0.2) is 71.9 Å². The summed E-state index contributed by atoms with van der Waals surface area (Å²) in [5.74, 6) is -2.96. The van der Waals surface area contributed by atoms with Gasteiger partial charge in [0.05, 0.1) is 16.7 Å². The van der Waals surface area contributed by atoms with E-state index in [9.17, 15) is 24.0 Å². The highest BCUT2D eigenvalue weighted by atomic mass is 35.5. The number of halogens is 2. The number of rotatable bonds is 17. The summed E-state index contributed by atoms with van der Waals surface area (Å²) in [6.45, 7) is 7.75. The Morgan fingerprint density at radius 1 is 0.878 bits per heavy atom. The molecule has 0 aliphatic rings. The second kappa shape index (κ2) is 18.7. The molecule has 14 heteroatoms. The highest BCUT2D eigenvalue weighted by molar-refractivity contribution is 7.80. The van der Waals surface area contributed by atoms with Gasteiger partial charge in [-0.2, -0.15) is 12.6 Å². The van der Waals surface area contributed by atoms with E-state index in [2.05, 4.69) is 33.9 Å². The van der Waals surface area contributed by atoms with E-state index < -0.39 is 54.3 Å². The zero-order chi connectivity index (χ0) is 31.1. The van der Waals surface area contributed by atoms with Crippen LogP contribution in [0.2, 0.25) is 10.0 Å². The summed E-state index contributed by atoms with van der Waals surface area (Å²) in [7, 11) is 0. The minimum atomic E-state index is -1.25. The molecule has 0 aliphatic carbocycles. The third-order valence-electron chi connectivity index (χ3n) is 5.66. The van der Waals surface area contributed by atoms with Crippen LogP contribution in [-0.2, 0) is 30.3 Å². The monoisotopic (exact) mass is 634 g/mol. The van der Waals surface area contributed by atoms with Gasteiger partial charge in [0.15, 0.2) is 0 Å². The number of hydrogen-bond acceptors (Lipinski definition) is 7. The number of ether oxygens (including phenoxy) is 1. The van der Waals surface area contributed by atoms with Crippen molar-refractivity contribution in [2.24, 2.45) is 11.8 Å². The summed E-state index contributed by atoms with van der Waals surface area (Å²) in [6.07, 6.45) is -0.782. The normalized spacial score (nSPS) is 13.2. The molecule has 5 N–H and O–H groups in total. The minimum Gasteiger partial charge on any atom is -0.481 e. The van der Waals surface area contributed by atoms with E-state index in [0.29, 0.717) is 16.5 Å². The predicted molar refractivity (Wildman–Crippen MR) is 160 cm³/mol. The molecule has 0 saturated heterocycles. The summed E-state index contributed by atoms with van der Waals surface area (Å²) >= 11 is 16.2. The molecule has 11 nitrogen and oxygen atoms in total. The standard InChI is InChI=1S/C27H40Cl2N4O7S/c1-15(2)11-21(31-25(37)20(7-8-23(34)35)33-27(39)40-13-16(3)4)26(38)32-22(14-41)24(36)30-10-9-17-5-6-18(28)19(29)12-17/h5-6,12,15-16,20-22,41H,7-11,13-14H2,1-4H3,(H,30,36)(H,31,37)(H,32,38)(H,33,39)(H,34,35)/t20-,21-,22-/m0/s1. The van der Waals surface area contributed by atoms with Gasteiger partial charge >= 0.3 is 12.1 Å². The molecule has 0 spiro atoms. The molecule has 0 saturated carbocycles.